The highest BCUT2D eigenvalue weighted by Gasteiger charge is 2.01. The van der Waals surface area contributed by atoms with Crippen molar-refractivity contribution in [2.45, 2.75) is 32.9 Å². The molecule has 86 valence electrons. The Morgan fingerprint density at radius 3 is 3.19 bits per heavy atom. The summed E-state index contributed by atoms with van der Waals surface area (Å²) < 4.78 is 2.02. The number of thiazole rings is 1. The highest BCUT2D eigenvalue weighted by Crippen LogP contribution is 2.11. The fourth-order valence-corrected chi connectivity index (χ4v) is 2.01. The monoisotopic (exact) mass is 236 g/mol. The molecule has 0 amide bonds. The third kappa shape index (κ3) is 2.82. The number of hydrogen-bond donors (Lipinski definition) is 1. The Kier molecular flexibility index (Phi) is 3.93. The first-order chi connectivity index (χ1) is 7.90. The van der Waals surface area contributed by atoms with Crippen LogP contribution in [0.3, 0.4) is 0 Å². The predicted octanol–water partition coefficient (Wildman–Crippen LogP) is 2.75. The lowest BCUT2D eigenvalue weighted by Gasteiger charge is -2.08. The fourth-order valence-electron chi connectivity index (χ4n) is 1.48. The molecule has 0 spiro atoms. The summed E-state index contributed by atoms with van der Waals surface area (Å²) in [6.45, 7) is 3.99. The van der Waals surface area contributed by atoms with Crippen LogP contribution in [0.1, 0.15) is 24.6 Å². The Bertz CT molecular complexity index is 407. The largest absolute Gasteiger partial charge is 0.365 e. The van der Waals surface area contributed by atoms with Gasteiger partial charge >= 0.3 is 0 Å². The number of aromatic nitrogens is 3. The van der Waals surface area contributed by atoms with Gasteiger partial charge < -0.3 is 5.32 Å². The van der Waals surface area contributed by atoms with Crippen molar-refractivity contribution in [1.82, 2.24) is 14.8 Å². The van der Waals surface area contributed by atoms with Crippen molar-refractivity contribution in [1.29, 1.82) is 0 Å². The Morgan fingerprint density at radius 1 is 1.50 bits per heavy atom. The molecule has 2 heterocycles. The molecule has 5 heteroatoms. The maximum Gasteiger partial charge on any atom is 0.124 e. The molecule has 16 heavy (non-hydrogen) atoms. The molecule has 0 unspecified atom stereocenters. The number of nitrogens with zero attached hydrogens (tertiary/aromatic N) is 3. The molecule has 0 bridgehead atoms. The quantitative estimate of drug-likeness (QED) is 0.838. The average molecular weight is 236 g/mol. The highest BCUT2D eigenvalue weighted by atomic mass is 32.1. The second-order valence-corrected chi connectivity index (χ2v) is 4.59. The van der Waals surface area contributed by atoms with E-state index < -0.39 is 0 Å². The van der Waals surface area contributed by atoms with E-state index in [2.05, 4.69) is 22.3 Å². The molecule has 0 atom stereocenters. The van der Waals surface area contributed by atoms with Gasteiger partial charge in [0.25, 0.3) is 0 Å². The molecule has 0 aliphatic heterocycles. The normalized spacial score (nSPS) is 10.6. The van der Waals surface area contributed by atoms with Gasteiger partial charge in [-0.15, -0.1) is 11.3 Å². The number of aryl methyl sites for hydroxylation is 1. The third-order valence-corrected chi connectivity index (χ3v) is 3.15. The Hall–Kier alpha value is -1.36. The lowest BCUT2D eigenvalue weighted by Crippen LogP contribution is -2.07. The Balaban J connectivity index is 1.91. The molecule has 0 saturated carbocycles. The first-order valence-corrected chi connectivity index (χ1v) is 6.41. The molecule has 0 aliphatic carbocycles. The molecular formula is C11H16N4S. The van der Waals surface area contributed by atoms with E-state index in [1.54, 1.807) is 11.3 Å². The minimum atomic E-state index is 0.822. The van der Waals surface area contributed by atoms with Gasteiger partial charge in [-0.05, 0) is 6.42 Å². The molecule has 0 aliphatic rings. The van der Waals surface area contributed by atoms with Crippen LogP contribution in [0.5, 0.6) is 0 Å². The van der Waals surface area contributed by atoms with Gasteiger partial charge in [0.05, 0.1) is 18.3 Å². The van der Waals surface area contributed by atoms with E-state index in [9.17, 15) is 0 Å². The number of unbranched alkanes of at least 4 members (excludes halogenated alkanes) is 1. The van der Waals surface area contributed by atoms with Crippen LogP contribution in [-0.2, 0) is 13.1 Å². The maximum absolute atomic E-state index is 4.30. The molecule has 1 N–H and O–H groups in total. The molecule has 2 rings (SSSR count). The smallest absolute Gasteiger partial charge is 0.124 e. The van der Waals surface area contributed by atoms with Gasteiger partial charge in [0, 0.05) is 23.7 Å². The van der Waals surface area contributed by atoms with Crippen molar-refractivity contribution >= 4 is 17.2 Å². The molecule has 2 aromatic heterocycles. The van der Waals surface area contributed by atoms with Gasteiger partial charge in [-0.2, -0.15) is 5.10 Å². The van der Waals surface area contributed by atoms with Crippen LogP contribution in [0.4, 0.5) is 5.82 Å². The minimum absolute atomic E-state index is 0.822. The van der Waals surface area contributed by atoms with Crippen LogP contribution in [0.15, 0.2) is 24.0 Å². The Morgan fingerprint density at radius 2 is 2.44 bits per heavy atom. The van der Waals surface area contributed by atoms with E-state index in [4.69, 9.17) is 0 Å². The van der Waals surface area contributed by atoms with Gasteiger partial charge in [0.1, 0.15) is 5.82 Å². The first-order valence-electron chi connectivity index (χ1n) is 5.53. The number of rotatable bonds is 6. The molecule has 0 fully saturated rings. The van der Waals surface area contributed by atoms with Crippen LogP contribution >= 0.6 is 11.3 Å². The van der Waals surface area contributed by atoms with Gasteiger partial charge in [0.15, 0.2) is 0 Å². The summed E-state index contributed by atoms with van der Waals surface area (Å²) in [5.74, 6) is 1.09. The maximum atomic E-state index is 4.30. The SMILES string of the molecule is CCCCn1nccc1NCc1cncs1. The standard InChI is InChI=1S/C11H16N4S/c1-2-3-6-15-11(4-5-14-15)13-8-10-7-12-9-16-10/h4-5,7,9,13H,2-3,6,8H2,1H3. The molecule has 4 nitrogen and oxygen atoms in total. The van der Waals surface area contributed by atoms with E-state index in [1.165, 1.54) is 11.3 Å². The molecule has 2 aromatic rings. The van der Waals surface area contributed by atoms with Crippen LogP contribution in [0.2, 0.25) is 0 Å². The fraction of sp³-hybridized carbons (Fsp3) is 0.455. The number of hydrogen-bond acceptors (Lipinski definition) is 4. The summed E-state index contributed by atoms with van der Waals surface area (Å²) in [7, 11) is 0. The Labute approximate surface area is 99.3 Å². The lowest BCUT2D eigenvalue weighted by atomic mass is 10.3. The summed E-state index contributed by atoms with van der Waals surface area (Å²) in [5, 5.41) is 7.67. The van der Waals surface area contributed by atoms with Crippen molar-refractivity contribution in [3.8, 4) is 0 Å². The molecule has 0 aromatic carbocycles. The van der Waals surface area contributed by atoms with Gasteiger partial charge in [-0.1, -0.05) is 13.3 Å². The van der Waals surface area contributed by atoms with Crippen LogP contribution in [0.25, 0.3) is 0 Å². The van der Waals surface area contributed by atoms with Crippen molar-refractivity contribution in [3.63, 3.8) is 0 Å². The minimum Gasteiger partial charge on any atom is -0.365 e. The van der Waals surface area contributed by atoms with Crippen molar-refractivity contribution in [2.75, 3.05) is 5.32 Å². The summed E-state index contributed by atoms with van der Waals surface area (Å²) in [6.07, 6.45) is 6.08. The summed E-state index contributed by atoms with van der Waals surface area (Å²) in [4.78, 5) is 5.29. The molecule has 0 saturated heterocycles. The van der Waals surface area contributed by atoms with Gasteiger partial charge in [-0.3, -0.25) is 4.98 Å². The number of anilines is 1. The van der Waals surface area contributed by atoms with E-state index in [0.717, 1.165) is 25.3 Å². The van der Waals surface area contributed by atoms with Crippen LogP contribution in [0, 0.1) is 0 Å². The average Bonchev–Trinajstić information content (AvgIpc) is 2.94. The lowest BCUT2D eigenvalue weighted by molar-refractivity contribution is 0.576. The zero-order valence-corrected chi connectivity index (χ0v) is 10.2. The number of nitrogens with one attached hydrogen (secondary N) is 1. The third-order valence-electron chi connectivity index (χ3n) is 2.37. The first kappa shape index (κ1) is 11.1. The molecular weight excluding hydrogens is 220 g/mol. The molecule has 0 radical (unpaired) electrons. The van der Waals surface area contributed by atoms with Crippen molar-refractivity contribution < 1.29 is 0 Å². The zero-order chi connectivity index (χ0) is 11.2. The van der Waals surface area contributed by atoms with Crippen LogP contribution in [-0.4, -0.2) is 14.8 Å². The second-order valence-electron chi connectivity index (χ2n) is 3.61. The topological polar surface area (TPSA) is 42.7 Å². The van der Waals surface area contributed by atoms with E-state index >= 15 is 0 Å². The summed E-state index contributed by atoms with van der Waals surface area (Å²) in [5.41, 5.74) is 1.85. The van der Waals surface area contributed by atoms with Crippen molar-refractivity contribution in [3.05, 3.63) is 28.8 Å². The highest BCUT2D eigenvalue weighted by molar-refractivity contribution is 7.09. The predicted molar refractivity (Wildman–Crippen MR) is 66.6 cm³/mol. The zero-order valence-electron chi connectivity index (χ0n) is 9.39. The summed E-state index contributed by atoms with van der Waals surface area (Å²) >= 11 is 1.67. The van der Waals surface area contributed by atoms with Crippen molar-refractivity contribution in [2.24, 2.45) is 0 Å². The van der Waals surface area contributed by atoms with E-state index in [0.29, 0.717) is 0 Å². The van der Waals surface area contributed by atoms with Gasteiger partial charge in [-0.25, -0.2) is 4.68 Å². The second kappa shape index (κ2) is 5.65. The van der Waals surface area contributed by atoms with E-state index in [1.807, 2.05) is 28.7 Å². The summed E-state index contributed by atoms with van der Waals surface area (Å²) in [6, 6.07) is 2.01. The van der Waals surface area contributed by atoms with Gasteiger partial charge in [0.2, 0.25) is 0 Å². The van der Waals surface area contributed by atoms with Crippen LogP contribution < -0.4 is 5.32 Å². The van der Waals surface area contributed by atoms with E-state index in [-0.39, 0.29) is 0 Å².